The molecule has 0 fully saturated rings. The quantitative estimate of drug-likeness (QED) is 0.920. The van der Waals surface area contributed by atoms with E-state index in [0.717, 1.165) is 4.47 Å². The van der Waals surface area contributed by atoms with E-state index in [1.807, 2.05) is 0 Å². The normalized spacial score (nSPS) is 10.3. The first kappa shape index (κ1) is 12.1. The number of rotatable bonds is 2. The highest BCUT2D eigenvalue weighted by atomic mass is 79.9. The van der Waals surface area contributed by atoms with Crippen LogP contribution in [0.3, 0.4) is 0 Å². The summed E-state index contributed by atoms with van der Waals surface area (Å²) in [6.45, 7) is 1.68. The first-order chi connectivity index (χ1) is 8.08. The number of anilines is 1. The summed E-state index contributed by atoms with van der Waals surface area (Å²) >= 11 is 9.20. The van der Waals surface area contributed by atoms with Gasteiger partial charge in [-0.3, -0.25) is 4.79 Å². The minimum absolute atomic E-state index is 0.276. The summed E-state index contributed by atoms with van der Waals surface area (Å²) in [7, 11) is 0. The zero-order valence-electron chi connectivity index (χ0n) is 8.83. The number of halogens is 2. The van der Waals surface area contributed by atoms with Crippen molar-refractivity contribution in [3.8, 4) is 0 Å². The summed E-state index contributed by atoms with van der Waals surface area (Å²) in [4.78, 5) is 11.8. The van der Waals surface area contributed by atoms with E-state index in [-0.39, 0.29) is 5.91 Å². The van der Waals surface area contributed by atoms with Crippen LogP contribution in [0.4, 0.5) is 5.69 Å². The highest BCUT2D eigenvalue weighted by molar-refractivity contribution is 9.10. The topological polar surface area (TPSA) is 55.1 Å². The maximum atomic E-state index is 11.8. The predicted octanol–water partition coefficient (Wildman–Crippen LogP) is 3.65. The summed E-state index contributed by atoms with van der Waals surface area (Å²) in [5.41, 5.74) is 1.02. The number of aryl methyl sites for hydroxylation is 1. The SMILES string of the molecule is Cc1oncc1C(=O)Nc1ccc(Br)c(Cl)c1. The third-order valence-corrected chi connectivity index (χ3v) is 3.41. The van der Waals surface area contributed by atoms with Crippen LogP contribution in [0.2, 0.25) is 5.02 Å². The second kappa shape index (κ2) is 4.89. The van der Waals surface area contributed by atoms with E-state index in [0.29, 0.717) is 22.0 Å². The molecule has 6 heteroatoms. The lowest BCUT2D eigenvalue weighted by Crippen LogP contribution is -2.12. The summed E-state index contributed by atoms with van der Waals surface area (Å²) in [5.74, 6) is 0.202. The van der Waals surface area contributed by atoms with Crippen molar-refractivity contribution in [1.82, 2.24) is 5.16 Å². The third-order valence-electron chi connectivity index (χ3n) is 2.17. The van der Waals surface area contributed by atoms with Gasteiger partial charge < -0.3 is 9.84 Å². The van der Waals surface area contributed by atoms with Crippen molar-refractivity contribution >= 4 is 39.1 Å². The van der Waals surface area contributed by atoms with Crippen molar-refractivity contribution in [2.24, 2.45) is 0 Å². The number of hydrogen-bond acceptors (Lipinski definition) is 3. The second-order valence-corrected chi connectivity index (χ2v) is 4.64. The number of benzene rings is 1. The minimum Gasteiger partial charge on any atom is -0.361 e. The zero-order valence-corrected chi connectivity index (χ0v) is 11.2. The van der Waals surface area contributed by atoms with Crippen molar-refractivity contribution in [2.45, 2.75) is 6.92 Å². The molecule has 1 aromatic heterocycles. The third kappa shape index (κ3) is 2.68. The molecule has 0 atom stereocenters. The van der Waals surface area contributed by atoms with Crippen LogP contribution >= 0.6 is 27.5 Å². The monoisotopic (exact) mass is 314 g/mol. The van der Waals surface area contributed by atoms with E-state index in [1.165, 1.54) is 6.20 Å². The Hall–Kier alpha value is -1.33. The standard InChI is InChI=1S/C11H8BrClN2O2/c1-6-8(5-14-17-6)11(16)15-7-2-3-9(12)10(13)4-7/h2-5H,1H3,(H,15,16). The highest BCUT2D eigenvalue weighted by Gasteiger charge is 2.13. The molecule has 1 amide bonds. The number of aromatic nitrogens is 1. The predicted molar refractivity (Wildman–Crippen MR) is 68.3 cm³/mol. The highest BCUT2D eigenvalue weighted by Crippen LogP contribution is 2.25. The van der Waals surface area contributed by atoms with Gasteiger partial charge in [-0.2, -0.15) is 0 Å². The first-order valence-electron chi connectivity index (χ1n) is 4.75. The maximum absolute atomic E-state index is 11.8. The Morgan fingerprint density at radius 1 is 1.53 bits per heavy atom. The molecule has 1 heterocycles. The molecule has 0 spiro atoms. The Morgan fingerprint density at radius 2 is 2.29 bits per heavy atom. The minimum atomic E-state index is -0.276. The maximum Gasteiger partial charge on any atom is 0.260 e. The Morgan fingerprint density at radius 3 is 2.88 bits per heavy atom. The molecule has 0 radical (unpaired) electrons. The van der Waals surface area contributed by atoms with E-state index < -0.39 is 0 Å². The second-order valence-electron chi connectivity index (χ2n) is 3.38. The smallest absolute Gasteiger partial charge is 0.260 e. The molecule has 4 nitrogen and oxygen atoms in total. The molecule has 1 N–H and O–H groups in total. The summed E-state index contributed by atoms with van der Waals surface area (Å²) in [6, 6.07) is 5.17. The van der Waals surface area contributed by atoms with Gasteiger partial charge in [-0.05, 0) is 41.1 Å². The van der Waals surface area contributed by atoms with Crippen molar-refractivity contribution in [3.63, 3.8) is 0 Å². The van der Waals surface area contributed by atoms with Crippen LogP contribution in [-0.2, 0) is 0 Å². The zero-order chi connectivity index (χ0) is 12.4. The molecule has 0 bridgehead atoms. The molecular weight excluding hydrogens is 307 g/mol. The Labute approximate surface area is 111 Å². The van der Waals surface area contributed by atoms with Crippen LogP contribution in [0.5, 0.6) is 0 Å². The molecule has 1 aromatic carbocycles. The van der Waals surface area contributed by atoms with Crippen LogP contribution in [0, 0.1) is 6.92 Å². The van der Waals surface area contributed by atoms with Crippen molar-refractivity contribution < 1.29 is 9.32 Å². The van der Waals surface area contributed by atoms with Gasteiger partial charge in [-0.25, -0.2) is 0 Å². The molecule has 2 rings (SSSR count). The van der Waals surface area contributed by atoms with E-state index in [2.05, 4.69) is 26.4 Å². The van der Waals surface area contributed by atoms with Gasteiger partial charge in [0.25, 0.3) is 5.91 Å². The number of amides is 1. The molecular formula is C11H8BrClN2O2. The number of carbonyl (C=O) groups excluding carboxylic acids is 1. The lowest BCUT2D eigenvalue weighted by molar-refractivity contribution is 0.102. The Balaban J connectivity index is 2.19. The van der Waals surface area contributed by atoms with Gasteiger partial charge in [0.05, 0.1) is 11.2 Å². The molecule has 0 aliphatic heterocycles. The Bertz CT molecular complexity index is 568. The fourth-order valence-electron chi connectivity index (χ4n) is 1.29. The Kier molecular flexibility index (Phi) is 3.49. The van der Waals surface area contributed by atoms with E-state index in [4.69, 9.17) is 16.1 Å². The number of hydrogen-bond donors (Lipinski definition) is 1. The van der Waals surface area contributed by atoms with Gasteiger partial charge in [0.15, 0.2) is 0 Å². The molecule has 0 saturated carbocycles. The molecule has 0 unspecified atom stereocenters. The first-order valence-corrected chi connectivity index (χ1v) is 5.92. The van der Waals surface area contributed by atoms with Gasteiger partial charge in [-0.1, -0.05) is 16.8 Å². The van der Waals surface area contributed by atoms with Crippen molar-refractivity contribution in [1.29, 1.82) is 0 Å². The van der Waals surface area contributed by atoms with Crippen LogP contribution in [0.1, 0.15) is 16.1 Å². The van der Waals surface area contributed by atoms with Gasteiger partial charge in [-0.15, -0.1) is 0 Å². The lowest BCUT2D eigenvalue weighted by Gasteiger charge is -2.05. The van der Waals surface area contributed by atoms with Crippen LogP contribution in [-0.4, -0.2) is 11.1 Å². The van der Waals surface area contributed by atoms with Crippen molar-refractivity contribution in [2.75, 3.05) is 5.32 Å². The average Bonchev–Trinajstić information content (AvgIpc) is 2.70. The lowest BCUT2D eigenvalue weighted by atomic mass is 10.2. The van der Waals surface area contributed by atoms with E-state index >= 15 is 0 Å². The van der Waals surface area contributed by atoms with Crippen LogP contribution < -0.4 is 5.32 Å². The van der Waals surface area contributed by atoms with Gasteiger partial charge in [0, 0.05) is 10.2 Å². The molecule has 2 aromatic rings. The van der Waals surface area contributed by atoms with Gasteiger partial charge in [0.2, 0.25) is 0 Å². The summed E-state index contributed by atoms with van der Waals surface area (Å²) < 4.78 is 5.60. The fourth-order valence-corrected chi connectivity index (χ4v) is 1.72. The van der Waals surface area contributed by atoms with Gasteiger partial charge in [0.1, 0.15) is 11.3 Å². The largest absolute Gasteiger partial charge is 0.361 e. The molecule has 88 valence electrons. The molecule has 0 aliphatic rings. The number of carbonyl (C=O) groups is 1. The summed E-state index contributed by atoms with van der Waals surface area (Å²) in [6.07, 6.45) is 1.38. The van der Waals surface area contributed by atoms with Crippen LogP contribution in [0.15, 0.2) is 33.4 Å². The summed E-state index contributed by atoms with van der Waals surface area (Å²) in [5, 5.41) is 6.79. The molecule has 0 aliphatic carbocycles. The molecule has 0 saturated heterocycles. The van der Waals surface area contributed by atoms with E-state index in [1.54, 1.807) is 25.1 Å². The van der Waals surface area contributed by atoms with E-state index in [9.17, 15) is 4.79 Å². The van der Waals surface area contributed by atoms with Crippen molar-refractivity contribution in [3.05, 3.63) is 45.2 Å². The number of nitrogens with one attached hydrogen (secondary N) is 1. The fraction of sp³-hybridized carbons (Fsp3) is 0.0909. The van der Waals surface area contributed by atoms with Crippen LogP contribution in [0.25, 0.3) is 0 Å². The van der Waals surface area contributed by atoms with Gasteiger partial charge >= 0.3 is 0 Å². The molecule has 17 heavy (non-hydrogen) atoms. The average molecular weight is 316 g/mol. The number of nitrogens with zero attached hydrogens (tertiary/aromatic N) is 1.